The first kappa shape index (κ1) is 17.3. The number of nitrogens with one attached hydrogen (secondary N) is 2. The summed E-state index contributed by atoms with van der Waals surface area (Å²) in [6.45, 7) is 1.62. The van der Waals surface area contributed by atoms with Gasteiger partial charge in [0.25, 0.3) is 0 Å². The number of hydrogen-bond acceptors (Lipinski definition) is 4. The number of benzene rings is 2. The van der Waals surface area contributed by atoms with E-state index in [4.69, 9.17) is 9.47 Å². The fourth-order valence-corrected chi connectivity index (χ4v) is 3.14. The molecule has 3 rings (SSSR count). The topological polar surface area (TPSA) is 59.6 Å². The van der Waals surface area contributed by atoms with Crippen LogP contribution in [0.25, 0.3) is 0 Å². The Morgan fingerprint density at radius 3 is 2.16 bits per heavy atom. The quantitative estimate of drug-likeness (QED) is 0.848. The van der Waals surface area contributed by atoms with Crippen LogP contribution in [0.1, 0.15) is 23.6 Å². The summed E-state index contributed by atoms with van der Waals surface area (Å²) in [5.74, 6) is 1.61. The van der Waals surface area contributed by atoms with Crippen LogP contribution < -0.4 is 20.1 Å². The second-order valence-corrected chi connectivity index (χ2v) is 6.18. The number of carbonyl (C=O) groups excluding carboxylic acids is 1. The summed E-state index contributed by atoms with van der Waals surface area (Å²) in [6, 6.07) is 15.3. The molecule has 0 spiro atoms. The Hall–Kier alpha value is -2.53. The molecule has 1 atom stereocenters. The minimum Gasteiger partial charge on any atom is -0.497 e. The maximum Gasteiger partial charge on any atom is 0.225 e. The van der Waals surface area contributed by atoms with Crippen molar-refractivity contribution in [3.05, 3.63) is 59.7 Å². The maximum absolute atomic E-state index is 12.7. The van der Waals surface area contributed by atoms with Crippen LogP contribution in [-0.4, -0.2) is 33.2 Å². The average molecular weight is 340 g/mol. The molecular formula is C20H24N2O3. The number of carbonyl (C=O) groups is 1. The molecule has 1 unspecified atom stereocenters. The third kappa shape index (κ3) is 4.12. The minimum absolute atomic E-state index is 0.0127. The monoisotopic (exact) mass is 340 g/mol. The molecule has 132 valence electrons. The van der Waals surface area contributed by atoms with Gasteiger partial charge in [-0.3, -0.25) is 4.79 Å². The van der Waals surface area contributed by atoms with Crippen LogP contribution in [0, 0.1) is 5.92 Å². The number of ether oxygens (including phenoxy) is 2. The van der Waals surface area contributed by atoms with Crippen molar-refractivity contribution in [1.82, 2.24) is 10.6 Å². The summed E-state index contributed by atoms with van der Waals surface area (Å²) in [5.41, 5.74) is 1.96. The zero-order chi connectivity index (χ0) is 17.6. The second-order valence-electron chi connectivity index (χ2n) is 6.18. The zero-order valence-electron chi connectivity index (χ0n) is 14.6. The molecule has 2 N–H and O–H groups in total. The molecule has 0 aromatic heterocycles. The van der Waals surface area contributed by atoms with Crippen LogP contribution in [0.4, 0.5) is 0 Å². The van der Waals surface area contributed by atoms with Gasteiger partial charge in [0.15, 0.2) is 0 Å². The Morgan fingerprint density at radius 1 is 1.08 bits per heavy atom. The number of rotatable bonds is 6. The van der Waals surface area contributed by atoms with Crippen molar-refractivity contribution in [2.75, 3.05) is 27.3 Å². The molecule has 0 aliphatic carbocycles. The lowest BCUT2D eigenvalue weighted by molar-refractivity contribution is -0.124. The van der Waals surface area contributed by atoms with E-state index in [0.29, 0.717) is 0 Å². The molecule has 1 aliphatic heterocycles. The molecule has 2 aromatic carbocycles. The van der Waals surface area contributed by atoms with Gasteiger partial charge in [-0.2, -0.15) is 0 Å². The molecule has 1 fully saturated rings. The highest BCUT2D eigenvalue weighted by Crippen LogP contribution is 2.28. The van der Waals surface area contributed by atoms with Crippen molar-refractivity contribution in [1.29, 1.82) is 0 Å². The van der Waals surface area contributed by atoms with E-state index in [1.54, 1.807) is 14.2 Å². The van der Waals surface area contributed by atoms with E-state index in [1.165, 1.54) is 0 Å². The van der Waals surface area contributed by atoms with Gasteiger partial charge in [0.05, 0.1) is 26.2 Å². The summed E-state index contributed by atoms with van der Waals surface area (Å²) < 4.78 is 10.7. The van der Waals surface area contributed by atoms with E-state index in [9.17, 15) is 4.79 Å². The van der Waals surface area contributed by atoms with Gasteiger partial charge in [0, 0.05) is 6.54 Å². The van der Waals surface area contributed by atoms with E-state index in [1.807, 2.05) is 48.5 Å². The molecule has 25 heavy (non-hydrogen) atoms. The summed E-state index contributed by atoms with van der Waals surface area (Å²) in [6.07, 6.45) is 0.870. The SMILES string of the molecule is COc1cccc(C(NC(=O)C2CCNC2)c2cccc(OC)c2)c1. The Bertz CT molecular complexity index is 679. The van der Waals surface area contributed by atoms with Crippen molar-refractivity contribution in [3.63, 3.8) is 0 Å². The predicted octanol–water partition coefficient (Wildman–Crippen LogP) is 2.52. The van der Waals surface area contributed by atoms with E-state index in [2.05, 4.69) is 10.6 Å². The number of methoxy groups -OCH3 is 2. The molecule has 0 bridgehead atoms. The zero-order valence-corrected chi connectivity index (χ0v) is 14.6. The van der Waals surface area contributed by atoms with E-state index in [-0.39, 0.29) is 17.9 Å². The van der Waals surface area contributed by atoms with Crippen LogP contribution >= 0.6 is 0 Å². The summed E-state index contributed by atoms with van der Waals surface area (Å²) in [7, 11) is 3.28. The van der Waals surface area contributed by atoms with Crippen molar-refractivity contribution in [3.8, 4) is 11.5 Å². The Balaban J connectivity index is 1.93. The Morgan fingerprint density at radius 2 is 1.68 bits per heavy atom. The van der Waals surface area contributed by atoms with E-state index in [0.717, 1.165) is 42.1 Å². The summed E-state index contributed by atoms with van der Waals surface area (Å²) in [4.78, 5) is 12.7. The van der Waals surface area contributed by atoms with Gasteiger partial charge < -0.3 is 20.1 Å². The smallest absolute Gasteiger partial charge is 0.225 e. The number of amides is 1. The lowest BCUT2D eigenvalue weighted by atomic mass is 9.97. The highest BCUT2D eigenvalue weighted by molar-refractivity contribution is 5.80. The maximum atomic E-state index is 12.7. The molecule has 1 heterocycles. The average Bonchev–Trinajstić information content (AvgIpc) is 3.21. The van der Waals surface area contributed by atoms with Gasteiger partial charge in [-0.25, -0.2) is 0 Å². The van der Waals surface area contributed by atoms with Gasteiger partial charge in [-0.15, -0.1) is 0 Å². The standard InChI is InChI=1S/C20H24N2O3/c1-24-17-7-3-5-14(11-17)19(15-6-4-8-18(12-15)25-2)22-20(23)16-9-10-21-13-16/h3-8,11-12,16,19,21H,9-10,13H2,1-2H3,(H,22,23). The molecule has 1 aliphatic rings. The van der Waals surface area contributed by atoms with Crippen LogP contribution in [-0.2, 0) is 4.79 Å². The van der Waals surface area contributed by atoms with Crippen LogP contribution in [0.3, 0.4) is 0 Å². The molecule has 0 radical (unpaired) electrons. The van der Waals surface area contributed by atoms with Crippen molar-refractivity contribution in [2.24, 2.45) is 5.92 Å². The lowest BCUT2D eigenvalue weighted by Gasteiger charge is -2.22. The Labute approximate surface area is 148 Å². The number of hydrogen-bond donors (Lipinski definition) is 2. The molecule has 5 nitrogen and oxygen atoms in total. The van der Waals surface area contributed by atoms with Crippen LogP contribution in [0.5, 0.6) is 11.5 Å². The lowest BCUT2D eigenvalue weighted by Crippen LogP contribution is -2.35. The molecule has 5 heteroatoms. The molecule has 2 aromatic rings. The highest BCUT2D eigenvalue weighted by atomic mass is 16.5. The van der Waals surface area contributed by atoms with Crippen molar-refractivity contribution >= 4 is 5.91 Å². The van der Waals surface area contributed by atoms with Crippen molar-refractivity contribution in [2.45, 2.75) is 12.5 Å². The molecular weight excluding hydrogens is 316 g/mol. The predicted molar refractivity (Wildman–Crippen MR) is 97.0 cm³/mol. The first-order valence-electron chi connectivity index (χ1n) is 8.50. The summed E-state index contributed by atoms with van der Waals surface area (Å²) in [5, 5.41) is 6.45. The van der Waals surface area contributed by atoms with Gasteiger partial charge in [-0.05, 0) is 48.4 Å². The van der Waals surface area contributed by atoms with Crippen molar-refractivity contribution < 1.29 is 14.3 Å². The van der Waals surface area contributed by atoms with Gasteiger partial charge in [0.1, 0.15) is 11.5 Å². The first-order chi connectivity index (χ1) is 12.2. The second kappa shape index (κ2) is 8.03. The van der Waals surface area contributed by atoms with E-state index >= 15 is 0 Å². The van der Waals surface area contributed by atoms with Crippen LogP contribution in [0.15, 0.2) is 48.5 Å². The normalized spacial score (nSPS) is 16.7. The third-order valence-corrected chi connectivity index (χ3v) is 4.57. The minimum atomic E-state index is -0.252. The summed E-state index contributed by atoms with van der Waals surface area (Å²) >= 11 is 0. The third-order valence-electron chi connectivity index (χ3n) is 4.57. The molecule has 1 saturated heterocycles. The fourth-order valence-electron chi connectivity index (χ4n) is 3.14. The first-order valence-corrected chi connectivity index (χ1v) is 8.50. The fraction of sp³-hybridized carbons (Fsp3) is 0.350. The highest BCUT2D eigenvalue weighted by Gasteiger charge is 2.26. The van der Waals surface area contributed by atoms with Crippen LogP contribution in [0.2, 0.25) is 0 Å². The van der Waals surface area contributed by atoms with Gasteiger partial charge in [-0.1, -0.05) is 24.3 Å². The van der Waals surface area contributed by atoms with Gasteiger partial charge >= 0.3 is 0 Å². The van der Waals surface area contributed by atoms with Gasteiger partial charge in [0.2, 0.25) is 5.91 Å². The Kier molecular flexibility index (Phi) is 5.56. The molecule has 1 amide bonds. The molecule has 0 saturated carbocycles. The van der Waals surface area contributed by atoms with E-state index < -0.39 is 0 Å². The largest absolute Gasteiger partial charge is 0.497 e.